The highest BCUT2D eigenvalue weighted by Gasteiger charge is 2.52. The van der Waals surface area contributed by atoms with Crippen LogP contribution in [-0.4, -0.2) is 23.0 Å². The van der Waals surface area contributed by atoms with Crippen molar-refractivity contribution in [3.63, 3.8) is 0 Å². The second-order valence-electron chi connectivity index (χ2n) is 6.31. The van der Waals surface area contributed by atoms with Gasteiger partial charge < -0.3 is 10.6 Å². The van der Waals surface area contributed by atoms with Crippen molar-refractivity contribution in [1.82, 2.24) is 4.90 Å². The quantitative estimate of drug-likeness (QED) is 0.901. The van der Waals surface area contributed by atoms with E-state index in [1.807, 2.05) is 4.90 Å². The lowest BCUT2D eigenvalue weighted by Gasteiger charge is -2.58. The third-order valence-corrected chi connectivity index (χ3v) is 5.35. The van der Waals surface area contributed by atoms with E-state index in [9.17, 15) is 4.79 Å². The molecule has 1 aromatic rings. The number of hydrogen-bond acceptors (Lipinski definition) is 1. The van der Waals surface area contributed by atoms with Gasteiger partial charge in [-0.05, 0) is 56.4 Å². The van der Waals surface area contributed by atoms with Gasteiger partial charge in [0.1, 0.15) is 0 Å². The minimum Gasteiger partial charge on any atom is -0.351 e. The predicted molar refractivity (Wildman–Crippen MR) is 80.4 cm³/mol. The maximum Gasteiger partial charge on any atom is 0.315 e. The molecule has 0 aromatic heterocycles. The first-order valence-electron chi connectivity index (χ1n) is 7.83. The van der Waals surface area contributed by atoms with Gasteiger partial charge in [0.25, 0.3) is 0 Å². The van der Waals surface area contributed by atoms with Gasteiger partial charge in [0.05, 0.1) is 0 Å². The molecule has 108 valence electrons. The molecule has 1 spiro atoms. The van der Waals surface area contributed by atoms with Gasteiger partial charge >= 0.3 is 6.03 Å². The van der Waals surface area contributed by atoms with Crippen LogP contribution < -0.4 is 5.73 Å². The lowest BCUT2D eigenvalue weighted by molar-refractivity contribution is -0.0446. The summed E-state index contributed by atoms with van der Waals surface area (Å²) in [4.78, 5) is 13.7. The summed E-state index contributed by atoms with van der Waals surface area (Å²) in [5, 5.41) is 0. The number of carbonyl (C=O) groups is 1. The summed E-state index contributed by atoms with van der Waals surface area (Å²) in [6.07, 6.45) is 8.18. The monoisotopic (exact) mass is 272 g/mol. The van der Waals surface area contributed by atoms with Gasteiger partial charge in [-0.2, -0.15) is 0 Å². The largest absolute Gasteiger partial charge is 0.351 e. The van der Waals surface area contributed by atoms with Crippen molar-refractivity contribution in [2.75, 3.05) is 6.54 Å². The lowest BCUT2D eigenvalue weighted by atomic mass is 9.60. The van der Waals surface area contributed by atoms with Gasteiger partial charge in [-0.15, -0.1) is 0 Å². The van der Waals surface area contributed by atoms with Crippen LogP contribution in [-0.2, 0) is 6.42 Å². The standard InChI is InChI=1S/C17H24N2O/c18-16(20)19-13-5-4-11-17(19)12-10-15(17)9-8-14-6-2-1-3-7-14/h1-3,6-7,15H,4-5,8-13H2,(H2,18,20). The van der Waals surface area contributed by atoms with Crippen molar-refractivity contribution in [2.24, 2.45) is 11.7 Å². The molecule has 1 aromatic carbocycles. The molecule has 20 heavy (non-hydrogen) atoms. The van der Waals surface area contributed by atoms with Crippen LogP contribution in [0.1, 0.15) is 44.1 Å². The number of piperidine rings is 1. The number of nitrogens with two attached hydrogens (primary N) is 1. The topological polar surface area (TPSA) is 46.3 Å². The van der Waals surface area contributed by atoms with E-state index in [1.54, 1.807) is 0 Å². The molecule has 0 bridgehead atoms. The maximum atomic E-state index is 11.7. The minimum atomic E-state index is -0.214. The molecule has 2 aliphatic rings. The molecule has 3 rings (SSSR count). The highest BCUT2D eigenvalue weighted by atomic mass is 16.2. The van der Waals surface area contributed by atoms with Crippen molar-refractivity contribution >= 4 is 6.03 Å². The number of carbonyl (C=O) groups excluding carboxylic acids is 1. The van der Waals surface area contributed by atoms with Crippen LogP contribution in [0, 0.1) is 5.92 Å². The first kappa shape index (κ1) is 13.5. The van der Waals surface area contributed by atoms with Crippen LogP contribution in [0.4, 0.5) is 4.79 Å². The average molecular weight is 272 g/mol. The SMILES string of the molecule is NC(=O)N1CCCCC12CCC2CCc1ccccc1. The Labute approximate surface area is 121 Å². The Hall–Kier alpha value is -1.51. The molecule has 1 saturated carbocycles. The van der Waals surface area contributed by atoms with Crippen LogP contribution in [0.3, 0.4) is 0 Å². The van der Waals surface area contributed by atoms with Crippen molar-refractivity contribution in [1.29, 1.82) is 0 Å². The Balaban J connectivity index is 1.66. The summed E-state index contributed by atoms with van der Waals surface area (Å²) < 4.78 is 0. The van der Waals surface area contributed by atoms with Gasteiger partial charge in [-0.25, -0.2) is 4.79 Å². The molecule has 1 aliphatic heterocycles. The van der Waals surface area contributed by atoms with E-state index in [2.05, 4.69) is 30.3 Å². The summed E-state index contributed by atoms with van der Waals surface area (Å²) in [6, 6.07) is 10.4. The molecule has 2 fully saturated rings. The van der Waals surface area contributed by atoms with E-state index >= 15 is 0 Å². The van der Waals surface area contributed by atoms with E-state index in [1.165, 1.54) is 24.8 Å². The van der Waals surface area contributed by atoms with Gasteiger partial charge in [0.2, 0.25) is 0 Å². The minimum absolute atomic E-state index is 0.0961. The zero-order valence-electron chi connectivity index (χ0n) is 12.1. The molecule has 1 aliphatic carbocycles. The average Bonchev–Trinajstić information content (AvgIpc) is 2.47. The number of primary amides is 1. The molecule has 3 nitrogen and oxygen atoms in total. The first-order valence-corrected chi connectivity index (χ1v) is 7.83. The molecule has 2 N–H and O–H groups in total. The summed E-state index contributed by atoms with van der Waals surface area (Å²) in [7, 11) is 0. The van der Waals surface area contributed by atoms with Gasteiger partial charge in [-0.3, -0.25) is 0 Å². The Kier molecular flexibility index (Phi) is 3.68. The van der Waals surface area contributed by atoms with Crippen LogP contribution >= 0.6 is 0 Å². The number of urea groups is 1. The third-order valence-electron chi connectivity index (χ3n) is 5.35. The smallest absolute Gasteiger partial charge is 0.315 e. The fraction of sp³-hybridized carbons (Fsp3) is 0.588. The lowest BCUT2D eigenvalue weighted by Crippen LogP contribution is -2.65. The van der Waals surface area contributed by atoms with Crippen LogP contribution in [0.5, 0.6) is 0 Å². The predicted octanol–water partition coefficient (Wildman–Crippen LogP) is 3.33. The molecule has 3 heteroatoms. The molecule has 1 heterocycles. The zero-order valence-corrected chi connectivity index (χ0v) is 12.1. The maximum absolute atomic E-state index is 11.7. The number of likely N-dealkylation sites (tertiary alicyclic amines) is 1. The molecule has 0 radical (unpaired) electrons. The molecule has 2 amide bonds. The fourth-order valence-electron chi connectivity index (χ4n) is 4.15. The summed E-state index contributed by atoms with van der Waals surface area (Å²) in [6.45, 7) is 0.858. The summed E-state index contributed by atoms with van der Waals surface area (Å²) in [5.74, 6) is 0.635. The molecule has 1 saturated heterocycles. The molecular weight excluding hydrogens is 248 g/mol. The van der Waals surface area contributed by atoms with Gasteiger partial charge in [0, 0.05) is 12.1 Å². The van der Waals surface area contributed by atoms with Crippen molar-refractivity contribution in [3.05, 3.63) is 35.9 Å². The van der Waals surface area contributed by atoms with E-state index in [4.69, 9.17) is 5.73 Å². The zero-order chi connectivity index (χ0) is 14.0. The Morgan fingerprint density at radius 2 is 2.05 bits per heavy atom. The van der Waals surface area contributed by atoms with E-state index in [0.717, 1.165) is 32.2 Å². The number of amides is 2. The van der Waals surface area contributed by atoms with E-state index in [0.29, 0.717) is 5.92 Å². The Morgan fingerprint density at radius 1 is 1.25 bits per heavy atom. The van der Waals surface area contributed by atoms with Gasteiger partial charge in [0.15, 0.2) is 0 Å². The summed E-state index contributed by atoms with van der Waals surface area (Å²) in [5.41, 5.74) is 7.10. The normalized spacial score (nSPS) is 29.2. The van der Waals surface area contributed by atoms with Crippen molar-refractivity contribution < 1.29 is 4.79 Å². The van der Waals surface area contributed by atoms with E-state index < -0.39 is 0 Å². The molecule has 2 unspecified atom stereocenters. The second kappa shape index (κ2) is 5.47. The third kappa shape index (κ3) is 2.30. The highest BCUT2D eigenvalue weighted by molar-refractivity contribution is 5.73. The number of rotatable bonds is 3. The Morgan fingerprint density at radius 3 is 2.70 bits per heavy atom. The second-order valence-corrected chi connectivity index (χ2v) is 6.31. The number of hydrogen-bond donors (Lipinski definition) is 1. The van der Waals surface area contributed by atoms with Crippen LogP contribution in [0.15, 0.2) is 30.3 Å². The number of nitrogens with zero attached hydrogens (tertiary/aromatic N) is 1. The number of benzene rings is 1. The van der Waals surface area contributed by atoms with Crippen LogP contribution in [0.2, 0.25) is 0 Å². The van der Waals surface area contributed by atoms with Gasteiger partial charge in [-0.1, -0.05) is 30.3 Å². The van der Waals surface area contributed by atoms with E-state index in [-0.39, 0.29) is 11.6 Å². The molecular formula is C17H24N2O. The molecule has 2 atom stereocenters. The fourth-order valence-corrected chi connectivity index (χ4v) is 4.15. The first-order chi connectivity index (χ1) is 9.72. The van der Waals surface area contributed by atoms with Crippen molar-refractivity contribution in [3.8, 4) is 0 Å². The number of aryl methyl sites for hydroxylation is 1. The summed E-state index contributed by atoms with van der Waals surface area (Å²) >= 11 is 0. The highest BCUT2D eigenvalue weighted by Crippen LogP contribution is 2.50. The Bertz CT molecular complexity index is 473. The van der Waals surface area contributed by atoms with Crippen LogP contribution in [0.25, 0.3) is 0 Å². The van der Waals surface area contributed by atoms with Crippen molar-refractivity contribution in [2.45, 2.75) is 50.5 Å².